The molecule has 0 bridgehead atoms. The molecule has 3 aromatic rings. The van der Waals surface area contributed by atoms with E-state index in [9.17, 15) is 26.3 Å². The number of halogens is 7. The third-order valence-electron chi connectivity index (χ3n) is 6.64. The molecule has 0 saturated heterocycles. The van der Waals surface area contributed by atoms with Crippen molar-refractivity contribution in [2.75, 3.05) is 11.5 Å². The minimum absolute atomic E-state index is 0.0193. The molecule has 0 unspecified atom stereocenters. The van der Waals surface area contributed by atoms with Gasteiger partial charge in [0.2, 0.25) is 5.88 Å². The monoisotopic (exact) mass is 734 g/mol. The van der Waals surface area contributed by atoms with E-state index in [1.54, 1.807) is 24.3 Å². The van der Waals surface area contributed by atoms with Crippen LogP contribution >= 0.6 is 0 Å². The first-order chi connectivity index (χ1) is 23.7. The fourth-order valence-electron chi connectivity index (χ4n) is 4.43. The number of pyridine rings is 1. The first-order valence-corrected chi connectivity index (χ1v) is 15.3. The standard InChI is InChI=1S/C29H35FN4O3.2C2HF3O2/c1-4-35-24-16-21(28(30)25(17-24)36-19(2)3)18-34(22-14-12-20(13-15-22)29(31)32)26-10-7-11-27(33-26)37-23-8-5-6-9-23;2*3-2(4,5)1(6)7/h7,10-17,19,23H,4-6,8-9,18H2,1-3H3,(H3,31,32);2*(H,6,7). The summed E-state index contributed by atoms with van der Waals surface area (Å²) < 4.78 is 96.8. The first kappa shape index (κ1) is 41.9. The minimum Gasteiger partial charge on any atom is -0.494 e. The summed E-state index contributed by atoms with van der Waals surface area (Å²) >= 11 is 0. The van der Waals surface area contributed by atoms with Gasteiger partial charge in [-0.1, -0.05) is 6.07 Å². The Morgan fingerprint density at radius 2 is 1.53 bits per heavy atom. The highest BCUT2D eigenvalue weighted by molar-refractivity contribution is 5.95. The molecule has 11 nitrogen and oxygen atoms in total. The second kappa shape index (κ2) is 18.6. The van der Waals surface area contributed by atoms with E-state index in [0.717, 1.165) is 31.4 Å². The average molecular weight is 735 g/mol. The zero-order chi connectivity index (χ0) is 38.5. The quantitative estimate of drug-likeness (QED) is 0.0874. The number of hydrogen-bond acceptors (Lipinski definition) is 8. The fraction of sp³-hybridized carbons (Fsp3) is 0.394. The van der Waals surface area contributed by atoms with Crippen LogP contribution in [0, 0.1) is 11.2 Å². The van der Waals surface area contributed by atoms with Crippen molar-refractivity contribution in [3.8, 4) is 17.4 Å². The molecule has 1 aliphatic carbocycles. The van der Waals surface area contributed by atoms with Crippen molar-refractivity contribution in [3.63, 3.8) is 0 Å². The maximum Gasteiger partial charge on any atom is 0.490 e. The van der Waals surface area contributed by atoms with Gasteiger partial charge in [-0.15, -0.1) is 0 Å². The lowest BCUT2D eigenvalue weighted by molar-refractivity contribution is -0.193. The number of anilines is 2. The fourth-order valence-corrected chi connectivity index (χ4v) is 4.43. The van der Waals surface area contributed by atoms with Crippen LogP contribution in [0.4, 0.5) is 42.2 Å². The third kappa shape index (κ3) is 13.9. The van der Waals surface area contributed by atoms with Crippen LogP contribution in [0.1, 0.15) is 57.6 Å². The SMILES string of the molecule is CCOc1cc(CN(c2ccc(C(=N)N)cc2)c2cccc(OC3CCCC3)n2)c(F)c(OC(C)C)c1.O=C(O)C(F)(F)F.O=C(O)C(F)(F)F. The predicted octanol–water partition coefficient (Wildman–Crippen LogP) is 7.62. The van der Waals surface area contributed by atoms with Crippen molar-refractivity contribution in [1.82, 2.24) is 4.98 Å². The van der Waals surface area contributed by atoms with Gasteiger partial charge in [-0.25, -0.2) is 14.0 Å². The summed E-state index contributed by atoms with van der Waals surface area (Å²) in [5.41, 5.74) is 7.43. The van der Waals surface area contributed by atoms with Crippen LogP contribution in [0.15, 0.2) is 54.6 Å². The largest absolute Gasteiger partial charge is 0.494 e. The Kier molecular flexibility index (Phi) is 15.3. The van der Waals surface area contributed by atoms with Crippen LogP contribution in [0.25, 0.3) is 0 Å². The lowest BCUT2D eigenvalue weighted by Crippen LogP contribution is -2.21. The molecule has 51 heavy (non-hydrogen) atoms. The molecule has 1 aliphatic rings. The molecule has 1 saturated carbocycles. The summed E-state index contributed by atoms with van der Waals surface area (Å²) in [7, 11) is 0. The van der Waals surface area contributed by atoms with Crippen LogP contribution in [0.5, 0.6) is 17.4 Å². The van der Waals surface area contributed by atoms with Gasteiger partial charge in [0.05, 0.1) is 19.3 Å². The smallest absolute Gasteiger partial charge is 0.490 e. The van der Waals surface area contributed by atoms with Crippen molar-refractivity contribution < 1.29 is 64.7 Å². The molecule has 1 aromatic heterocycles. The van der Waals surface area contributed by atoms with E-state index < -0.39 is 30.1 Å². The number of nitrogens with one attached hydrogen (secondary N) is 1. The highest BCUT2D eigenvalue weighted by Gasteiger charge is 2.39. The molecule has 2 aromatic carbocycles. The Morgan fingerprint density at radius 3 is 2.00 bits per heavy atom. The first-order valence-electron chi connectivity index (χ1n) is 15.3. The van der Waals surface area contributed by atoms with Gasteiger partial charge in [0.15, 0.2) is 11.6 Å². The lowest BCUT2D eigenvalue weighted by Gasteiger charge is -2.26. The van der Waals surface area contributed by atoms with Gasteiger partial charge >= 0.3 is 24.3 Å². The Morgan fingerprint density at radius 1 is 0.980 bits per heavy atom. The van der Waals surface area contributed by atoms with E-state index in [0.29, 0.717) is 35.2 Å². The topological polar surface area (TPSA) is 168 Å². The van der Waals surface area contributed by atoms with Gasteiger partial charge in [0.25, 0.3) is 0 Å². The predicted molar refractivity (Wildman–Crippen MR) is 171 cm³/mol. The number of aliphatic carboxylic acids is 2. The Labute approximate surface area is 288 Å². The molecule has 0 amide bonds. The molecule has 280 valence electrons. The van der Waals surface area contributed by atoms with Gasteiger partial charge in [0, 0.05) is 28.9 Å². The zero-order valence-electron chi connectivity index (χ0n) is 27.6. The number of nitrogen functional groups attached to an aromatic ring is 1. The third-order valence-corrected chi connectivity index (χ3v) is 6.64. The Hall–Kier alpha value is -5.29. The average Bonchev–Trinajstić information content (AvgIpc) is 3.54. The molecule has 5 N–H and O–H groups in total. The molecule has 0 spiro atoms. The van der Waals surface area contributed by atoms with E-state index in [-0.39, 0.29) is 30.3 Å². The molecule has 0 radical (unpaired) electrons. The van der Waals surface area contributed by atoms with Crippen LogP contribution in [-0.4, -0.2) is 64.1 Å². The summed E-state index contributed by atoms with van der Waals surface area (Å²) in [6.07, 6.45) is -5.82. The summed E-state index contributed by atoms with van der Waals surface area (Å²) in [5.74, 6) is -4.14. The summed E-state index contributed by atoms with van der Waals surface area (Å²) in [5, 5.41) is 22.0. The minimum atomic E-state index is -5.08. The number of carboxylic acids is 2. The van der Waals surface area contributed by atoms with E-state index in [1.165, 1.54) is 0 Å². The molecule has 0 aliphatic heterocycles. The number of hydrogen-bond donors (Lipinski definition) is 4. The van der Waals surface area contributed by atoms with Crippen LogP contribution in [-0.2, 0) is 16.1 Å². The highest BCUT2D eigenvalue weighted by atomic mass is 19.4. The van der Waals surface area contributed by atoms with Crippen molar-refractivity contribution in [1.29, 1.82) is 5.41 Å². The number of rotatable bonds is 11. The zero-order valence-corrected chi connectivity index (χ0v) is 27.6. The number of ether oxygens (including phenoxy) is 3. The van der Waals surface area contributed by atoms with Crippen LogP contribution in [0.3, 0.4) is 0 Å². The number of amidine groups is 1. The van der Waals surface area contributed by atoms with Crippen molar-refractivity contribution in [2.45, 2.75) is 77.6 Å². The van der Waals surface area contributed by atoms with Crippen molar-refractivity contribution >= 4 is 29.3 Å². The van der Waals surface area contributed by atoms with Gasteiger partial charge in [-0.2, -0.15) is 31.3 Å². The molecule has 18 heteroatoms. The van der Waals surface area contributed by atoms with Crippen LogP contribution < -0.4 is 24.8 Å². The molecule has 1 fully saturated rings. The molecular formula is C33H37F7N4O7. The number of carboxylic acid groups (broad SMARTS) is 2. The van der Waals surface area contributed by atoms with Crippen molar-refractivity contribution in [3.05, 3.63) is 71.5 Å². The molecule has 4 rings (SSSR count). The van der Waals surface area contributed by atoms with Gasteiger partial charge in [-0.3, -0.25) is 5.41 Å². The van der Waals surface area contributed by atoms with Crippen molar-refractivity contribution in [2.24, 2.45) is 5.73 Å². The maximum atomic E-state index is 15.7. The Bertz CT molecular complexity index is 1590. The lowest BCUT2D eigenvalue weighted by atomic mass is 10.1. The van der Waals surface area contributed by atoms with Crippen LogP contribution in [0.2, 0.25) is 0 Å². The van der Waals surface area contributed by atoms with Gasteiger partial charge in [-0.05, 0) is 82.9 Å². The Balaban J connectivity index is 0.000000543. The number of benzene rings is 2. The van der Waals surface area contributed by atoms with Gasteiger partial charge < -0.3 is 35.1 Å². The summed E-state index contributed by atoms with van der Waals surface area (Å²) in [4.78, 5) is 24.5. The van der Waals surface area contributed by atoms with E-state index in [1.807, 2.05) is 56.0 Å². The van der Waals surface area contributed by atoms with E-state index in [2.05, 4.69) is 0 Å². The van der Waals surface area contributed by atoms with Gasteiger partial charge in [0.1, 0.15) is 23.5 Å². The number of nitrogens with two attached hydrogens (primary N) is 1. The van der Waals surface area contributed by atoms with E-state index in [4.69, 9.17) is 50.1 Å². The molecule has 1 heterocycles. The molecular weight excluding hydrogens is 697 g/mol. The highest BCUT2D eigenvalue weighted by Crippen LogP contribution is 2.34. The number of carbonyl (C=O) groups is 2. The summed E-state index contributed by atoms with van der Waals surface area (Å²) in [6.45, 7) is 6.21. The maximum absolute atomic E-state index is 15.7. The molecule has 0 atom stereocenters. The number of nitrogens with zero attached hydrogens (tertiary/aromatic N) is 2. The van der Waals surface area contributed by atoms with E-state index >= 15 is 4.39 Å². The number of aromatic nitrogens is 1. The normalized spacial score (nSPS) is 12.9. The second-order valence-electron chi connectivity index (χ2n) is 11.0. The second-order valence-corrected chi connectivity index (χ2v) is 11.0. The summed E-state index contributed by atoms with van der Waals surface area (Å²) in [6, 6.07) is 16.1. The number of alkyl halides is 6.